The van der Waals surface area contributed by atoms with Crippen LogP contribution in [0.1, 0.15) is 6.42 Å². The van der Waals surface area contributed by atoms with Crippen molar-refractivity contribution in [1.82, 2.24) is 4.90 Å². The molecule has 1 unspecified atom stereocenters. The number of carbonyl (C=O) groups excluding carboxylic acids is 1. The Morgan fingerprint density at radius 3 is 2.62 bits per heavy atom. The van der Waals surface area contributed by atoms with Crippen LogP contribution in [0, 0.1) is 5.92 Å². The van der Waals surface area contributed by atoms with E-state index in [2.05, 4.69) is 4.90 Å². The van der Waals surface area contributed by atoms with Gasteiger partial charge in [0.15, 0.2) is 9.84 Å². The van der Waals surface area contributed by atoms with Gasteiger partial charge in [0.05, 0.1) is 30.6 Å². The summed E-state index contributed by atoms with van der Waals surface area (Å²) < 4.78 is 27.7. The Kier molecular flexibility index (Phi) is 3.61. The molecule has 0 N–H and O–H groups in total. The molecule has 2 rings (SSSR count). The van der Waals surface area contributed by atoms with Crippen LogP contribution in [-0.2, 0) is 19.4 Å². The molecule has 2 saturated heterocycles. The quantitative estimate of drug-likeness (QED) is 0.647. The van der Waals surface area contributed by atoms with Crippen molar-refractivity contribution in [3.63, 3.8) is 0 Å². The van der Waals surface area contributed by atoms with Gasteiger partial charge in [0.25, 0.3) is 0 Å². The van der Waals surface area contributed by atoms with Crippen molar-refractivity contribution < 1.29 is 17.9 Å². The lowest BCUT2D eigenvalue weighted by atomic mass is 10.00. The summed E-state index contributed by atoms with van der Waals surface area (Å²) >= 11 is 0. The zero-order chi connectivity index (χ0) is 11.6. The number of hydrogen-bond donors (Lipinski definition) is 0. The maximum Gasteiger partial charge on any atom is 0.152 e. The normalized spacial score (nSPS) is 31.5. The van der Waals surface area contributed by atoms with Crippen LogP contribution in [0.4, 0.5) is 0 Å². The average Bonchev–Trinajstić information content (AvgIpc) is 2.24. The lowest BCUT2D eigenvalue weighted by Gasteiger charge is -2.31. The van der Waals surface area contributed by atoms with E-state index in [1.807, 2.05) is 0 Å². The fourth-order valence-electron chi connectivity index (χ4n) is 2.09. The highest BCUT2D eigenvalue weighted by molar-refractivity contribution is 7.91. The lowest BCUT2D eigenvalue weighted by molar-refractivity contribution is -0.131. The van der Waals surface area contributed by atoms with E-state index in [0.29, 0.717) is 39.3 Å². The van der Waals surface area contributed by atoms with E-state index >= 15 is 0 Å². The average molecular weight is 247 g/mol. The molecule has 0 aromatic rings. The minimum absolute atomic E-state index is 0.0606. The van der Waals surface area contributed by atoms with Gasteiger partial charge >= 0.3 is 0 Å². The fourth-order valence-corrected chi connectivity index (χ4v) is 3.37. The molecule has 0 amide bonds. The second-order valence-corrected chi connectivity index (χ2v) is 6.74. The van der Waals surface area contributed by atoms with Crippen molar-refractivity contribution in [3.05, 3.63) is 0 Å². The van der Waals surface area contributed by atoms with Crippen LogP contribution in [0.2, 0.25) is 0 Å². The largest absolute Gasteiger partial charge is 0.380 e. The molecule has 1 atom stereocenters. The van der Waals surface area contributed by atoms with Gasteiger partial charge in [0.2, 0.25) is 0 Å². The van der Waals surface area contributed by atoms with Crippen molar-refractivity contribution >= 4 is 15.6 Å². The molecule has 2 aliphatic rings. The van der Waals surface area contributed by atoms with E-state index in [-0.39, 0.29) is 23.2 Å². The molecular weight excluding hydrogens is 230 g/mol. The van der Waals surface area contributed by atoms with Gasteiger partial charge in [-0.2, -0.15) is 0 Å². The summed E-state index contributed by atoms with van der Waals surface area (Å²) in [6, 6.07) is 0. The molecule has 92 valence electrons. The van der Waals surface area contributed by atoms with E-state index in [9.17, 15) is 13.2 Å². The number of Topliss-reactive ketones (excluding diaryl/α,β-unsaturated/α-hetero) is 1. The first kappa shape index (κ1) is 12.0. The van der Waals surface area contributed by atoms with Gasteiger partial charge in [-0.25, -0.2) is 8.42 Å². The molecule has 16 heavy (non-hydrogen) atoms. The third-order valence-electron chi connectivity index (χ3n) is 3.18. The van der Waals surface area contributed by atoms with Crippen molar-refractivity contribution in [1.29, 1.82) is 0 Å². The van der Waals surface area contributed by atoms with E-state index in [4.69, 9.17) is 4.74 Å². The van der Waals surface area contributed by atoms with Crippen molar-refractivity contribution in [2.75, 3.05) is 44.4 Å². The predicted octanol–water partition coefficient (Wildman–Crippen LogP) is -0.678. The molecule has 2 aliphatic heterocycles. The highest BCUT2D eigenvalue weighted by Gasteiger charge is 2.28. The molecular formula is C10H17NO4S. The van der Waals surface area contributed by atoms with E-state index in [1.54, 1.807) is 0 Å². The Bertz CT molecular complexity index is 351. The number of nitrogens with zero attached hydrogens (tertiary/aromatic N) is 1. The number of hydrogen-bond acceptors (Lipinski definition) is 5. The summed E-state index contributed by atoms with van der Waals surface area (Å²) in [5.41, 5.74) is 0. The Balaban J connectivity index is 1.84. The standard InChI is InChI=1S/C10H17NO4S/c12-10-1-4-15-8-9(10)7-11-2-5-16(13,14)6-3-11/h9H,1-8H2. The Morgan fingerprint density at radius 1 is 1.31 bits per heavy atom. The number of sulfone groups is 1. The van der Waals surface area contributed by atoms with Crippen LogP contribution in [0.15, 0.2) is 0 Å². The Hall–Kier alpha value is -0.460. The van der Waals surface area contributed by atoms with Gasteiger partial charge in [0.1, 0.15) is 5.78 Å². The molecule has 0 radical (unpaired) electrons. The van der Waals surface area contributed by atoms with Crippen LogP contribution >= 0.6 is 0 Å². The van der Waals surface area contributed by atoms with Crippen LogP contribution in [0.3, 0.4) is 0 Å². The van der Waals surface area contributed by atoms with Gasteiger partial charge in [0, 0.05) is 26.1 Å². The zero-order valence-corrected chi connectivity index (χ0v) is 10.0. The number of ether oxygens (including phenoxy) is 1. The van der Waals surface area contributed by atoms with Crippen LogP contribution in [0.5, 0.6) is 0 Å². The topological polar surface area (TPSA) is 63.7 Å². The first-order valence-electron chi connectivity index (χ1n) is 5.60. The summed E-state index contributed by atoms with van der Waals surface area (Å²) in [5, 5.41) is 0. The fraction of sp³-hybridized carbons (Fsp3) is 0.900. The third-order valence-corrected chi connectivity index (χ3v) is 4.79. The number of rotatable bonds is 2. The van der Waals surface area contributed by atoms with E-state index in [1.165, 1.54) is 0 Å². The maximum atomic E-state index is 11.6. The second kappa shape index (κ2) is 4.81. The molecule has 2 fully saturated rings. The van der Waals surface area contributed by atoms with Crippen LogP contribution < -0.4 is 0 Å². The lowest BCUT2D eigenvalue weighted by Crippen LogP contribution is -2.45. The van der Waals surface area contributed by atoms with Gasteiger partial charge in [-0.3, -0.25) is 4.79 Å². The Morgan fingerprint density at radius 2 is 2.00 bits per heavy atom. The Labute approximate surface area is 95.7 Å². The summed E-state index contributed by atoms with van der Waals surface area (Å²) in [6.45, 7) is 2.76. The number of carbonyl (C=O) groups is 1. The number of ketones is 1. The SMILES string of the molecule is O=C1CCOCC1CN1CCS(=O)(=O)CC1. The predicted molar refractivity (Wildman–Crippen MR) is 59.0 cm³/mol. The van der Waals surface area contributed by atoms with Crippen molar-refractivity contribution in [2.24, 2.45) is 5.92 Å². The van der Waals surface area contributed by atoms with Gasteiger partial charge in [-0.05, 0) is 0 Å². The first-order valence-corrected chi connectivity index (χ1v) is 7.42. The minimum Gasteiger partial charge on any atom is -0.380 e. The minimum atomic E-state index is -2.83. The second-order valence-electron chi connectivity index (χ2n) is 4.44. The summed E-state index contributed by atoms with van der Waals surface area (Å²) in [7, 11) is -2.83. The van der Waals surface area contributed by atoms with Gasteiger partial charge in [-0.1, -0.05) is 0 Å². The van der Waals surface area contributed by atoms with E-state index in [0.717, 1.165) is 0 Å². The zero-order valence-electron chi connectivity index (χ0n) is 9.22. The monoisotopic (exact) mass is 247 g/mol. The van der Waals surface area contributed by atoms with Crippen LogP contribution in [0.25, 0.3) is 0 Å². The molecule has 0 spiro atoms. The smallest absolute Gasteiger partial charge is 0.152 e. The highest BCUT2D eigenvalue weighted by atomic mass is 32.2. The molecule has 0 bridgehead atoms. The third kappa shape index (κ3) is 3.02. The molecule has 0 aromatic carbocycles. The van der Waals surface area contributed by atoms with Crippen molar-refractivity contribution in [3.8, 4) is 0 Å². The van der Waals surface area contributed by atoms with Gasteiger partial charge < -0.3 is 9.64 Å². The molecule has 6 heteroatoms. The molecule has 5 nitrogen and oxygen atoms in total. The summed E-state index contributed by atoms with van der Waals surface area (Å²) in [4.78, 5) is 13.6. The molecule has 2 heterocycles. The first-order chi connectivity index (χ1) is 7.57. The molecule has 0 aromatic heterocycles. The van der Waals surface area contributed by atoms with E-state index < -0.39 is 9.84 Å². The molecule has 0 saturated carbocycles. The van der Waals surface area contributed by atoms with Gasteiger partial charge in [-0.15, -0.1) is 0 Å². The van der Waals surface area contributed by atoms with Crippen LogP contribution in [-0.4, -0.2) is 63.5 Å². The summed E-state index contributed by atoms with van der Waals surface area (Å²) in [5.74, 6) is 0.623. The van der Waals surface area contributed by atoms with Crippen molar-refractivity contribution in [2.45, 2.75) is 6.42 Å². The maximum absolute atomic E-state index is 11.6. The summed E-state index contributed by atoms with van der Waals surface area (Å²) in [6.07, 6.45) is 0.497. The highest BCUT2D eigenvalue weighted by Crippen LogP contribution is 2.13. The molecule has 0 aliphatic carbocycles.